The molecular formula is C18H18O6. The van der Waals surface area contributed by atoms with E-state index in [1.54, 1.807) is 12.1 Å². The normalized spacial score (nSPS) is 10.6. The Labute approximate surface area is 139 Å². The lowest BCUT2D eigenvalue weighted by molar-refractivity contribution is 0.104. The summed E-state index contributed by atoms with van der Waals surface area (Å²) in [5.74, 6) is 0.523. The smallest absolute Gasteiger partial charge is 0.204 e. The highest BCUT2D eigenvalue weighted by molar-refractivity contribution is 6.09. The van der Waals surface area contributed by atoms with Crippen LogP contribution in [-0.4, -0.2) is 37.3 Å². The van der Waals surface area contributed by atoms with Crippen LogP contribution in [0.4, 0.5) is 0 Å². The topological polar surface area (TPSA) is 85.2 Å². The molecule has 2 aromatic rings. The van der Waals surface area contributed by atoms with E-state index in [0.717, 1.165) is 0 Å². The fourth-order valence-electron chi connectivity index (χ4n) is 2.22. The molecule has 0 aliphatic rings. The highest BCUT2D eigenvalue weighted by Gasteiger charge is 2.19. The first-order valence-electron chi connectivity index (χ1n) is 7.05. The zero-order valence-corrected chi connectivity index (χ0v) is 13.6. The molecule has 0 spiro atoms. The van der Waals surface area contributed by atoms with Gasteiger partial charge in [-0.2, -0.15) is 0 Å². The monoisotopic (exact) mass is 330 g/mol. The fourth-order valence-corrected chi connectivity index (χ4v) is 2.22. The van der Waals surface area contributed by atoms with Crippen LogP contribution in [-0.2, 0) is 0 Å². The quantitative estimate of drug-likeness (QED) is 0.625. The van der Waals surface area contributed by atoms with E-state index in [9.17, 15) is 15.0 Å². The van der Waals surface area contributed by atoms with Gasteiger partial charge in [-0.3, -0.25) is 4.79 Å². The molecule has 0 aliphatic heterocycles. The summed E-state index contributed by atoms with van der Waals surface area (Å²) in [6, 6.07) is 7.30. The van der Waals surface area contributed by atoms with Crippen LogP contribution in [0.25, 0.3) is 6.08 Å². The standard InChI is InChI=1S/C18H18O6/c1-22-16-9-7-13(17(23-2)18(16)24-3)14(20)8-5-11-4-6-12(19)10-15(11)21/h4-10,19,21H,1-3H3/b8-5+. The molecule has 24 heavy (non-hydrogen) atoms. The number of hydrogen-bond acceptors (Lipinski definition) is 6. The van der Waals surface area contributed by atoms with Gasteiger partial charge in [0.25, 0.3) is 0 Å². The number of carbonyl (C=O) groups is 1. The van der Waals surface area contributed by atoms with Crippen molar-refractivity contribution in [2.45, 2.75) is 0 Å². The molecule has 2 aromatic carbocycles. The maximum atomic E-state index is 12.4. The summed E-state index contributed by atoms with van der Waals surface area (Å²) >= 11 is 0. The van der Waals surface area contributed by atoms with Crippen LogP contribution in [0.1, 0.15) is 15.9 Å². The van der Waals surface area contributed by atoms with Crippen molar-refractivity contribution in [1.29, 1.82) is 0 Å². The van der Waals surface area contributed by atoms with E-state index in [2.05, 4.69) is 0 Å². The second-order valence-electron chi connectivity index (χ2n) is 4.82. The van der Waals surface area contributed by atoms with E-state index >= 15 is 0 Å². The highest BCUT2D eigenvalue weighted by Crippen LogP contribution is 2.40. The first-order valence-corrected chi connectivity index (χ1v) is 7.05. The fraction of sp³-hybridized carbons (Fsp3) is 0.167. The van der Waals surface area contributed by atoms with E-state index in [4.69, 9.17) is 14.2 Å². The number of phenols is 2. The number of methoxy groups -OCH3 is 3. The average molecular weight is 330 g/mol. The molecule has 0 fully saturated rings. The predicted molar refractivity (Wildman–Crippen MR) is 89.2 cm³/mol. The summed E-state index contributed by atoms with van der Waals surface area (Å²) in [6.07, 6.45) is 2.75. The molecule has 0 aromatic heterocycles. The largest absolute Gasteiger partial charge is 0.508 e. The zero-order valence-electron chi connectivity index (χ0n) is 13.6. The molecule has 6 heteroatoms. The van der Waals surface area contributed by atoms with E-state index in [0.29, 0.717) is 22.6 Å². The van der Waals surface area contributed by atoms with Crippen molar-refractivity contribution in [3.8, 4) is 28.7 Å². The van der Waals surface area contributed by atoms with Gasteiger partial charge in [-0.1, -0.05) is 0 Å². The summed E-state index contributed by atoms with van der Waals surface area (Å²) in [5, 5.41) is 19.0. The summed E-state index contributed by atoms with van der Waals surface area (Å²) in [4.78, 5) is 12.4. The Morgan fingerprint density at radius 1 is 0.958 bits per heavy atom. The van der Waals surface area contributed by atoms with Gasteiger partial charge in [0.15, 0.2) is 17.3 Å². The zero-order chi connectivity index (χ0) is 17.7. The lowest BCUT2D eigenvalue weighted by Gasteiger charge is -2.14. The lowest BCUT2D eigenvalue weighted by Crippen LogP contribution is -2.02. The van der Waals surface area contributed by atoms with Crippen molar-refractivity contribution in [3.05, 3.63) is 47.5 Å². The number of phenolic OH excluding ortho intramolecular Hbond substituents is 2. The molecule has 0 saturated carbocycles. The van der Waals surface area contributed by atoms with Gasteiger partial charge in [0.2, 0.25) is 5.75 Å². The molecule has 126 valence electrons. The second kappa shape index (κ2) is 7.41. The van der Waals surface area contributed by atoms with Gasteiger partial charge in [0, 0.05) is 11.6 Å². The number of carbonyl (C=O) groups excluding carboxylic acids is 1. The number of rotatable bonds is 6. The number of benzene rings is 2. The maximum Gasteiger partial charge on any atom is 0.204 e. The molecule has 0 heterocycles. The minimum absolute atomic E-state index is 0.0578. The number of aromatic hydroxyl groups is 2. The summed E-state index contributed by atoms with van der Waals surface area (Å²) in [5.41, 5.74) is 0.699. The summed E-state index contributed by atoms with van der Waals surface area (Å²) < 4.78 is 15.7. The maximum absolute atomic E-state index is 12.4. The van der Waals surface area contributed by atoms with Crippen molar-refractivity contribution in [2.75, 3.05) is 21.3 Å². The van der Waals surface area contributed by atoms with Gasteiger partial charge in [-0.05, 0) is 36.4 Å². The van der Waals surface area contributed by atoms with Crippen LogP contribution in [0.15, 0.2) is 36.4 Å². The van der Waals surface area contributed by atoms with Crippen molar-refractivity contribution >= 4 is 11.9 Å². The van der Waals surface area contributed by atoms with Gasteiger partial charge in [-0.25, -0.2) is 0 Å². The van der Waals surface area contributed by atoms with Crippen molar-refractivity contribution < 1.29 is 29.2 Å². The Bertz CT molecular complexity index is 779. The number of hydrogen-bond donors (Lipinski definition) is 2. The molecule has 0 atom stereocenters. The second-order valence-corrected chi connectivity index (χ2v) is 4.82. The molecule has 0 amide bonds. The Hall–Kier alpha value is -3.15. The van der Waals surface area contributed by atoms with Gasteiger partial charge < -0.3 is 24.4 Å². The lowest BCUT2D eigenvalue weighted by atomic mass is 10.1. The van der Waals surface area contributed by atoms with E-state index < -0.39 is 0 Å². The molecule has 0 saturated heterocycles. The molecule has 0 aliphatic carbocycles. The van der Waals surface area contributed by atoms with Gasteiger partial charge in [0.05, 0.1) is 26.9 Å². The highest BCUT2D eigenvalue weighted by atomic mass is 16.5. The molecular weight excluding hydrogens is 312 g/mol. The van der Waals surface area contributed by atoms with Crippen LogP contribution >= 0.6 is 0 Å². The van der Waals surface area contributed by atoms with Crippen LogP contribution in [0.2, 0.25) is 0 Å². The van der Waals surface area contributed by atoms with Crippen molar-refractivity contribution in [2.24, 2.45) is 0 Å². The van der Waals surface area contributed by atoms with Crippen molar-refractivity contribution in [1.82, 2.24) is 0 Å². The molecule has 0 unspecified atom stereocenters. The molecule has 2 N–H and O–H groups in total. The number of allylic oxidation sites excluding steroid dienone is 1. The minimum Gasteiger partial charge on any atom is -0.508 e. The van der Waals surface area contributed by atoms with Crippen LogP contribution in [0, 0.1) is 0 Å². The average Bonchev–Trinajstić information content (AvgIpc) is 2.59. The van der Waals surface area contributed by atoms with E-state index in [1.807, 2.05) is 0 Å². The number of ketones is 1. The Balaban J connectivity index is 2.37. The summed E-state index contributed by atoms with van der Waals surface area (Å²) in [7, 11) is 4.38. The van der Waals surface area contributed by atoms with Crippen LogP contribution < -0.4 is 14.2 Å². The molecule has 2 rings (SSSR count). The Kier molecular flexibility index (Phi) is 5.31. The van der Waals surface area contributed by atoms with Gasteiger partial charge in [0.1, 0.15) is 11.5 Å². The minimum atomic E-state index is -0.333. The van der Waals surface area contributed by atoms with Crippen LogP contribution in [0.5, 0.6) is 28.7 Å². The van der Waals surface area contributed by atoms with E-state index in [1.165, 1.54) is 51.7 Å². The Morgan fingerprint density at radius 3 is 2.25 bits per heavy atom. The van der Waals surface area contributed by atoms with Crippen LogP contribution in [0.3, 0.4) is 0 Å². The Morgan fingerprint density at radius 2 is 1.67 bits per heavy atom. The molecule has 6 nitrogen and oxygen atoms in total. The number of ether oxygens (including phenoxy) is 3. The molecule has 0 radical (unpaired) electrons. The predicted octanol–water partition coefficient (Wildman–Crippen LogP) is 3.02. The first kappa shape index (κ1) is 17.2. The van der Waals surface area contributed by atoms with Gasteiger partial charge >= 0.3 is 0 Å². The van der Waals surface area contributed by atoms with Gasteiger partial charge in [-0.15, -0.1) is 0 Å². The first-order chi connectivity index (χ1) is 11.5. The molecule has 0 bridgehead atoms. The third-order valence-electron chi connectivity index (χ3n) is 3.40. The third-order valence-corrected chi connectivity index (χ3v) is 3.40. The SMILES string of the molecule is COc1ccc(C(=O)/C=C/c2ccc(O)cc2O)c(OC)c1OC. The van der Waals surface area contributed by atoms with E-state index in [-0.39, 0.29) is 23.0 Å². The van der Waals surface area contributed by atoms with Crippen molar-refractivity contribution in [3.63, 3.8) is 0 Å². The third kappa shape index (κ3) is 3.43. The summed E-state index contributed by atoms with van der Waals surface area (Å²) in [6.45, 7) is 0.